The monoisotopic (exact) mass is 361 g/mol. The van der Waals surface area contributed by atoms with Crippen molar-refractivity contribution in [2.24, 2.45) is 5.92 Å². The highest BCUT2D eigenvalue weighted by Gasteiger charge is 2.27. The van der Waals surface area contributed by atoms with Crippen LogP contribution in [0.5, 0.6) is 0 Å². The average molecular weight is 361 g/mol. The van der Waals surface area contributed by atoms with Gasteiger partial charge in [0.2, 0.25) is 0 Å². The molecule has 3 rings (SSSR count). The molecule has 2 fully saturated rings. The summed E-state index contributed by atoms with van der Waals surface area (Å²) in [6.45, 7) is 2.09. The van der Waals surface area contributed by atoms with Crippen LogP contribution in [0, 0.1) is 5.92 Å². The Labute approximate surface area is 154 Å². The van der Waals surface area contributed by atoms with E-state index in [-0.39, 0.29) is 18.3 Å². The van der Waals surface area contributed by atoms with Crippen LogP contribution in [0.15, 0.2) is 24.5 Å². The first kappa shape index (κ1) is 18.5. The molecule has 0 spiro atoms. The number of hydrogen-bond acceptors (Lipinski definition) is 5. The summed E-state index contributed by atoms with van der Waals surface area (Å²) in [5, 5.41) is 0. The van der Waals surface area contributed by atoms with Gasteiger partial charge in [0.05, 0.1) is 6.61 Å². The Bertz CT molecular complexity index is 596. The van der Waals surface area contributed by atoms with E-state index >= 15 is 0 Å². The summed E-state index contributed by atoms with van der Waals surface area (Å²) >= 11 is 0. The molecule has 0 atom stereocenters. The molecule has 0 N–H and O–H groups in total. The van der Waals surface area contributed by atoms with Gasteiger partial charge in [0.1, 0.15) is 6.10 Å². The van der Waals surface area contributed by atoms with Crippen molar-refractivity contribution < 1.29 is 19.1 Å². The first-order chi connectivity index (χ1) is 12.6. The van der Waals surface area contributed by atoms with Crippen molar-refractivity contribution in [2.45, 2.75) is 44.6 Å². The quantitative estimate of drug-likeness (QED) is 0.821. The molecule has 26 heavy (non-hydrogen) atoms. The Morgan fingerprint density at radius 1 is 1.15 bits per heavy atom. The molecule has 142 valence electrons. The van der Waals surface area contributed by atoms with Gasteiger partial charge in [-0.05, 0) is 56.6 Å². The van der Waals surface area contributed by atoms with Crippen molar-refractivity contribution in [2.75, 3.05) is 31.6 Å². The second-order valence-corrected chi connectivity index (χ2v) is 7.06. The molecular weight excluding hydrogens is 334 g/mol. The molecule has 1 aromatic heterocycles. The van der Waals surface area contributed by atoms with Gasteiger partial charge in [-0.3, -0.25) is 9.88 Å². The standard InChI is InChI=1S/C19H27N3O4/c1-21(16-8-10-20-11-9-16)18(23)26-17-6-4-15(5-7-17)14-25-19(24)22-12-2-3-13-22/h8-11,15,17H,2-7,12-14H2,1H3. The van der Waals surface area contributed by atoms with Crippen molar-refractivity contribution >= 4 is 17.9 Å². The summed E-state index contributed by atoms with van der Waals surface area (Å²) in [7, 11) is 1.70. The number of nitrogens with zero attached hydrogens (tertiary/aromatic N) is 3. The summed E-state index contributed by atoms with van der Waals surface area (Å²) in [4.78, 5) is 31.4. The molecule has 1 saturated heterocycles. The molecule has 7 nitrogen and oxygen atoms in total. The second-order valence-electron chi connectivity index (χ2n) is 7.06. The van der Waals surface area contributed by atoms with Crippen LogP contribution in [-0.4, -0.2) is 54.9 Å². The highest BCUT2D eigenvalue weighted by atomic mass is 16.6. The van der Waals surface area contributed by atoms with Crippen LogP contribution in [0.25, 0.3) is 0 Å². The SMILES string of the molecule is CN(C(=O)OC1CCC(COC(=O)N2CCCC2)CC1)c1ccncc1. The molecule has 0 radical (unpaired) electrons. The van der Waals surface area contributed by atoms with Gasteiger partial charge in [0.15, 0.2) is 0 Å². The van der Waals surface area contributed by atoms with E-state index in [0.29, 0.717) is 12.5 Å². The van der Waals surface area contributed by atoms with Gasteiger partial charge >= 0.3 is 12.2 Å². The van der Waals surface area contributed by atoms with Crippen LogP contribution >= 0.6 is 0 Å². The smallest absolute Gasteiger partial charge is 0.414 e. The van der Waals surface area contributed by atoms with Crippen LogP contribution in [0.1, 0.15) is 38.5 Å². The third-order valence-electron chi connectivity index (χ3n) is 5.19. The van der Waals surface area contributed by atoms with Crippen LogP contribution in [0.4, 0.5) is 15.3 Å². The normalized spacial score (nSPS) is 22.7. The molecule has 2 heterocycles. The van der Waals surface area contributed by atoms with E-state index in [4.69, 9.17) is 9.47 Å². The van der Waals surface area contributed by atoms with Crippen molar-refractivity contribution in [3.63, 3.8) is 0 Å². The average Bonchev–Trinajstić information content (AvgIpc) is 3.22. The van der Waals surface area contributed by atoms with E-state index in [1.54, 1.807) is 36.5 Å². The zero-order chi connectivity index (χ0) is 18.4. The molecule has 2 amide bonds. The number of carbonyl (C=O) groups excluding carboxylic acids is 2. The lowest BCUT2D eigenvalue weighted by atomic mass is 9.88. The number of rotatable bonds is 4. The number of carbonyl (C=O) groups is 2. The molecule has 1 aliphatic heterocycles. The van der Waals surface area contributed by atoms with Gasteiger partial charge in [-0.25, -0.2) is 9.59 Å². The third-order valence-corrected chi connectivity index (χ3v) is 5.19. The van der Waals surface area contributed by atoms with Gasteiger partial charge in [-0.1, -0.05) is 0 Å². The zero-order valence-electron chi connectivity index (χ0n) is 15.3. The van der Waals surface area contributed by atoms with Crippen molar-refractivity contribution in [3.05, 3.63) is 24.5 Å². The van der Waals surface area contributed by atoms with Gasteiger partial charge < -0.3 is 14.4 Å². The number of pyridine rings is 1. The fourth-order valence-corrected chi connectivity index (χ4v) is 3.49. The number of anilines is 1. The Balaban J connectivity index is 1.37. The van der Waals surface area contributed by atoms with E-state index in [1.807, 2.05) is 0 Å². The minimum Gasteiger partial charge on any atom is -0.449 e. The maximum atomic E-state index is 12.3. The van der Waals surface area contributed by atoms with Gasteiger partial charge in [-0.2, -0.15) is 0 Å². The third kappa shape index (κ3) is 4.86. The first-order valence-electron chi connectivity index (χ1n) is 9.39. The lowest BCUT2D eigenvalue weighted by Gasteiger charge is -2.29. The Hall–Kier alpha value is -2.31. The predicted molar refractivity (Wildman–Crippen MR) is 97.0 cm³/mol. The van der Waals surface area contributed by atoms with E-state index in [1.165, 1.54) is 4.90 Å². The molecule has 0 bridgehead atoms. The number of aromatic nitrogens is 1. The first-order valence-corrected chi connectivity index (χ1v) is 9.39. The lowest BCUT2D eigenvalue weighted by molar-refractivity contribution is 0.0477. The number of ether oxygens (including phenoxy) is 2. The Morgan fingerprint density at radius 2 is 1.81 bits per heavy atom. The molecule has 2 aliphatic rings. The lowest BCUT2D eigenvalue weighted by Crippen LogP contribution is -2.34. The zero-order valence-corrected chi connectivity index (χ0v) is 15.3. The molecule has 7 heteroatoms. The Kier molecular flexibility index (Phi) is 6.30. The predicted octanol–water partition coefficient (Wildman–Crippen LogP) is 3.45. The van der Waals surface area contributed by atoms with Crippen molar-refractivity contribution in [3.8, 4) is 0 Å². The van der Waals surface area contributed by atoms with Gasteiger partial charge in [0.25, 0.3) is 0 Å². The fourth-order valence-electron chi connectivity index (χ4n) is 3.49. The molecule has 1 saturated carbocycles. The largest absolute Gasteiger partial charge is 0.449 e. The number of hydrogen-bond donors (Lipinski definition) is 0. The number of amides is 2. The Morgan fingerprint density at radius 3 is 2.46 bits per heavy atom. The summed E-state index contributed by atoms with van der Waals surface area (Å²) in [6.07, 6.45) is 8.26. The van der Waals surface area contributed by atoms with Gasteiger partial charge in [0, 0.05) is 38.2 Å². The fraction of sp³-hybridized carbons (Fsp3) is 0.632. The maximum Gasteiger partial charge on any atom is 0.414 e. The summed E-state index contributed by atoms with van der Waals surface area (Å²) in [6, 6.07) is 3.54. The summed E-state index contributed by atoms with van der Waals surface area (Å²) in [5.74, 6) is 0.356. The molecule has 0 aromatic carbocycles. The molecule has 0 unspecified atom stereocenters. The van der Waals surface area contributed by atoms with E-state index in [2.05, 4.69) is 4.98 Å². The maximum absolute atomic E-state index is 12.3. The van der Waals surface area contributed by atoms with Crippen LogP contribution in [0.3, 0.4) is 0 Å². The van der Waals surface area contributed by atoms with E-state index in [0.717, 1.165) is 57.3 Å². The topological polar surface area (TPSA) is 72.0 Å². The second kappa shape index (κ2) is 8.87. The highest BCUT2D eigenvalue weighted by Crippen LogP contribution is 2.27. The van der Waals surface area contributed by atoms with E-state index < -0.39 is 0 Å². The van der Waals surface area contributed by atoms with Crippen molar-refractivity contribution in [1.82, 2.24) is 9.88 Å². The summed E-state index contributed by atoms with van der Waals surface area (Å²) in [5.41, 5.74) is 0.757. The highest BCUT2D eigenvalue weighted by molar-refractivity contribution is 5.86. The minimum atomic E-state index is -0.347. The summed E-state index contributed by atoms with van der Waals surface area (Å²) < 4.78 is 11.1. The van der Waals surface area contributed by atoms with Crippen molar-refractivity contribution in [1.29, 1.82) is 0 Å². The van der Waals surface area contributed by atoms with E-state index in [9.17, 15) is 9.59 Å². The molecule has 1 aromatic rings. The molecule has 1 aliphatic carbocycles. The van der Waals surface area contributed by atoms with Crippen LogP contribution < -0.4 is 4.90 Å². The van der Waals surface area contributed by atoms with Crippen LogP contribution in [0.2, 0.25) is 0 Å². The minimum absolute atomic E-state index is 0.0719. The number of likely N-dealkylation sites (tertiary alicyclic amines) is 1. The van der Waals surface area contributed by atoms with Gasteiger partial charge in [-0.15, -0.1) is 0 Å². The van der Waals surface area contributed by atoms with Crippen LogP contribution in [-0.2, 0) is 9.47 Å². The molecular formula is C19H27N3O4.